The highest BCUT2D eigenvalue weighted by Gasteiger charge is 2.07. The molecule has 0 N–H and O–H groups in total. The Morgan fingerprint density at radius 3 is 2.47 bits per heavy atom. The number of aromatic nitrogens is 1. The number of hydrogen-bond donors (Lipinski definition) is 0. The van der Waals surface area contributed by atoms with Gasteiger partial charge in [0.25, 0.3) is 5.56 Å². The molecule has 98 valence electrons. The van der Waals surface area contributed by atoms with Crippen LogP contribution in [0.1, 0.15) is 22.5 Å². The molecule has 0 saturated heterocycles. The lowest BCUT2D eigenvalue weighted by molar-refractivity contribution is 0.0976. The Balaban J connectivity index is 2.09. The second-order valence-corrected chi connectivity index (χ2v) is 4.34. The third-order valence-corrected chi connectivity index (χ3v) is 3.00. The fraction of sp³-hybridized carbons (Fsp3) is 0.200. The van der Waals surface area contributed by atoms with Crippen LogP contribution in [0.2, 0.25) is 0 Å². The van der Waals surface area contributed by atoms with Gasteiger partial charge in [0.15, 0.2) is 5.78 Å². The number of aryl methyl sites for hydroxylation is 1. The number of carbonyl (C=O) groups is 1. The average Bonchev–Trinajstić information content (AvgIpc) is 2.38. The molecule has 4 heteroatoms. The Morgan fingerprint density at radius 1 is 1.16 bits per heavy atom. The fourth-order valence-corrected chi connectivity index (χ4v) is 1.90. The molecule has 1 aromatic heterocycles. The van der Waals surface area contributed by atoms with Gasteiger partial charge < -0.3 is 4.57 Å². The Kier molecular flexibility index (Phi) is 3.90. The molecule has 0 unspecified atom stereocenters. The van der Waals surface area contributed by atoms with Gasteiger partial charge in [0.05, 0.1) is 0 Å². The fourth-order valence-electron chi connectivity index (χ4n) is 1.90. The number of hydrogen-bond acceptors (Lipinski definition) is 2. The van der Waals surface area contributed by atoms with Crippen LogP contribution in [0.25, 0.3) is 0 Å². The van der Waals surface area contributed by atoms with Crippen LogP contribution in [0.5, 0.6) is 0 Å². The molecule has 19 heavy (non-hydrogen) atoms. The number of carbonyl (C=O) groups excluding carboxylic acids is 1. The topological polar surface area (TPSA) is 39.1 Å². The second-order valence-electron chi connectivity index (χ2n) is 4.34. The van der Waals surface area contributed by atoms with Crippen LogP contribution in [0.15, 0.2) is 47.3 Å². The second kappa shape index (κ2) is 5.61. The van der Waals surface area contributed by atoms with E-state index in [9.17, 15) is 14.0 Å². The summed E-state index contributed by atoms with van der Waals surface area (Å²) in [5, 5.41) is 0. The van der Waals surface area contributed by atoms with Crippen molar-refractivity contribution >= 4 is 5.78 Å². The zero-order chi connectivity index (χ0) is 13.8. The van der Waals surface area contributed by atoms with E-state index in [0.717, 1.165) is 5.69 Å². The molecule has 2 rings (SSSR count). The zero-order valence-corrected chi connectivity index (χ0v) is 10.6. The monoisotopic (exact) mass is 259 g/mol. The van der Waals surface area contributed by atoms with Gasteiger partial charge in [-0.15, -0.1) is 0 Å². The van der Waals surface area contributed by atoms with Gasteiger partial charge in [-0.3, -0.25) is 9.59 Å². The van der Waals surface area contributed by atoms with E-state index < -0.39 is 0 Å². The summed E-state index contributed by atoms with van der Waals surface area (Å²) >= 11 is 0. The Hall–Kier alpha value is -2.23. The lowest BCUT2D eigenvalue weighted by Crippen LogP contribution is -2.22. The molecule has 0 bridgehead atoms. The van der Waals surface area contributed by atoms with Crippen molar-refractivity contribution in [1.82, 2.24) is 4.57 Å². The van der Waals surface area contributed by atoms with E-state index >= 15 is 0 Å². The Morgan fingerprint density at radius 2 is 1.84 bits per heavy atom. The van der Waals surface area contributed by atoms with Gasteiger partial charge in [-0.05, 0) is 37.3 Å². The first-order valence-corrected chi connectivity index (χ1v) is 6.03. The molecular weight excluding hydrogens is 245 g/mol. The molecule has 0 radical (unpaired) electrons. The first kappa shape index (κ1) is 13.2. The van der Waals surface area contributed by atoms with Crippen molar-refractivity contribution in [2.45, 2.75) is 19.9 Å². The molecule has 2 aromatic rings. The molecule has 0 aliphatic rings. The van der Waals surface area contributed by atoms with Gasteiger partial charge in [0.1, 0.15) is 5.82 Å². The molecule has 0 spiro atoms. The lowest BCUT2D eigenvalue weighted by Gasteiger charge is -2.08. The highest BCUT2D eigenvalue weighted by Crippen LogP contribution is 2.07. The van der Waals surface area contributed by atoms with Gasteiger partial charge in [-0.25, -0.2) is 4.39 Å². The highest BCUT2D eigenvalue weighted by atomic mass is 19.1. The van der Waals surface area contributed by atoms with E-state index in [2.05, 4.69) is 0 Å². The van der Waals surface area contributed by atoms with Crippen LogP contribution in [0.3, 0.4) is 0 Å². The predicted octanol–water partition coefficient (Wildman–Crippen LogP) is 2.57. The first-order chi connectivity index (χ1) is 9.08. The largest absolute Gasteiger partial charge is 0.312 e. The summed E-state index contributed by atoms with van der Waals surface area (Å²) in [5.74, 6) is -0.471. The molecule has 0 saturated carbocycles. The van der Waals surface area contributed by atoms with Gasteiger partial charge in [0.2, 0.25) is 0 Å². The molecule has 1 heterocycles. The Labute approximate surface area is 110 Å². The number of pyridine rings is 1. The summed E-state index contributed by atoms with van der Waals surface area (Å²) < 4.78 is 14.3. The van der Waals surface area contributed by atoms with Gasteiger partial charge in [0, 0.05) is 30.3 Å². The number of Topliss-reactive ketones (excluding diaryl/α,β-unsaturated/α-hetero) is 1. The van der Waals surface area contributed by atoms with Crippen molar-refractivity contribution in [3.05, 3.63) is 69.9 Å². The van der Waals surface area contributed by atoms with Crippen molar-refractivity contribution in [3.63, 3.8) is 0 Å². The molecule has 1 aromatic carbocycles. The van der Waals surface area contributed by atoms with Crippen LogP contribution in [0, 0.1) is 12.7 Å². The predicted molar refractivity (Wildman–Crippen MR) is 70.8 cm³/mol. The first-order valence-electron chi connectivity index (χ1n) is 6.03. The molecular formula is C15H14FNO2. The lowest BCUT2D eigenvalue weighted by atomic mass is 10.1. The number of ketones is 1. The molecule has 3 nitrogen and oxygen atoms in total. The average molecular weight is 259 g/mol. The Bertz CT molecular complexity index is 644. The third-order valence-electron chi connectivity index (χ3n) is 3.00. The molecule has 0 amide bonds. The number of halogens is 1. The standard InChI is InChI=1S/C15H14FNO2/c1-11-3-2-4-15(19)17(11)10-9-14(18)12-5-7-13(16)8-6-12/h2-8H,9-10H2,1H3. The summed E-state index contributed by atoms with van der Waals surface area (Å²) in [6.45, 7) is 2.16. The van der Waals surface area contributed by atoms with Crippen molar-refractivity contribution in [2.24, 2.45) is 0 Å². The maximum absolute atomic E-state index is 12.7. The van der Waals surface area contributed by atoms with E-state index in [1.165, 1.54) is 30.3 Å². The minimum atomic E-state index is -0.369. The molecule has 0 aliphatic carbocycles. The quantitative estimate of drug-likeness (QED) is 0.792. The van der Waals surface area contributed by atoms with E-state index in [1.54, 1.807) is 10.6 Å². The maximum atomic E-state index is 12.7. The minimum Gasteiger partial charge on any atom is -0.312 e. The molecule has 0 fully saturated rings. The van der Waals surface area contributed by atoms with Gasteiger partial charge in [-0.1, -0.05) is 6.07 Å². The van der Waals surface area contributed by atoms with Crippen LogP contribution in [0.4, 0.5) is 4.39 Å². The normalized spacial score (nSPS) is 10.4. The van der Waals surface area contributed by atoms with Crippen molar-refractivity contribution in [2.75, 3.05) is 0 Å². The van der Waals surface area contributed by atoms with Crippen LogP contribution >= 0.6 is 0 Å². The minimum absolute atomic E-state index is 0.102. The summed E-state index contributed by atoms with van der Waals surface area (Å²) in [5.41, 5.74) is 1.16. The maximum Gasteiger partial charge on any atom is 0.250 e. The number of rotatable bonds is 4. The van der Waals surface area contributed by atoms with Crippen molar-refractivity contribution < 1.29 is 9.18 Å². The van der Waals surface area contributed by atoms with E-state index in [0.29, 0.717) is 12.1 Å². The molecule has 0 aliphatic heterocycles. The summed E-state index contributed by atoms with van der Waals surface area (Å²) in [6, 6.07) is 10.4. The number of nitrogens with zero attached hydrogens (tertiary/aromatic N) is 1. The van der Waals surface area contributed by atoms with E-state index in [1.807, 2.05) is 13.0 Å². The van der Waals surface area contributed by atoms with Crippen LogP contribution in [-0.2, 0) is 6.54 Å². The van der Waals surface area contributed by atoms with Crippen LogP contribution in [-0.4, -0.2) is 10.4 Å². The molecule has 0 atom stereocenters. The third kappa shape index (κ3) is 3.16. The van der Waals surface area contributed by atoms with Gasteiger partial charge in [-0.2, -0.15) is 0 Å². The van der Waals surface area contributed by atoms with Crippen molar-refractivity contribution in [3.8, 4) is 0 Å². The van der Waals surface area contributed by atoms with E-state index in [4.69, 9.17) is 0 Å². The SMILES string of the molecule is Cc1cccc(=O)n1CCC(=O)c1ccc(F)cc1. The van der Waals surface area contributed by atoms with Crippen molar-refractivity contribution in [1.29, 1.82) is 0 Å². The summed E-state index contributed by atoms with van der Waals surface area (Å²) in [6.07, 6.45) is 0.219. The smallest absolute Gasteiger partial charge is 0.250 e. The van der Waals surface area contributed by atoms with Crippen LogP contribution < -0.4 is 5.56 Å². The van der Waals surface area contributed by atoms with Gasteiger partial charge >= 0.3 is 0 Å². The van der Waals surface area contributed by atoms with E-state index in [-0.39, 0.29) is 23.6 Å². The zero-order valence-electron chi connectivity index (χ0n) is 10.6. The summed E-state index contributed by atoms with van der Waals surface area (Å²) in [4.78, 5) is 23.5. The highest BCUT2D eigenvalue weighted by molar-refractivity contribution is 5.95. The number of benzene rings is 1. The summed E-state index contributed by atoms with van der Waals surface area (Å²) in [7, 11) is 0.